The molecular formula is C12H14Cl2N2O3S. The number of carbonyl (C=O) groups is 1. The largest absolute Gasteiger partial charge is 0.369 e. The second-order valence-corrected chi connectivity index (χ2v) is 7.41. The molecule has 2 N–H and O–H groups in total. The number of benzene rings is 1. The van der Waals surface area contributed by atoms with E-state index in [9.17, 15) is 13.2 Å². The molecule has 2 rings (SSSR count). The number of sulfonamides is 1. The summed E-state index contributed by atoms with van der Waals surface area (Å²) in [4.78, 5) is 11.2. The van der Waals surface area contributed by atoms with Gasteiger partial charge in [-0.15, -0.1) is 0 Å². The van der Waals surface area contributed by atoms with Crippen molar-refractivity contribution in [2.45, 2.75) is 17.7 Å². The van der Waals surface area contributed by atoms with Gasteiger partial charge >= 0.3 is 0 Å². The van der Waals surface area contributed by atoms with Gasteiger partial charge in [-0.1, -0.05) is 23.2 Å². The fourth-order valence-corrected chi connectivity index (χ4v) is 4.03. The summed E-state index contributed by atoms with van der Waals surface area (Å²) < 4.78 is 26.2. The molecule has 1 aromatic carbocycles. The maximum atomic E-state index is 12.4. The predicted molar refractivity (Wildman–Crippen MR) is 77.1 cm³/mol. The summed E-state index contributed by atoms with van der Waals surface area (Å²) in [5, 5.41) is 0.498. The fourth-order valence-electron chi connectivity index (χ4n) is 2.17. The number of nitrogens with two attached hydrogens (primary N) is 1. The van der Waals surface area contributed by atoms with E-state index in [0.717, 1.165) is 0 Å². The molecule has 0 radical (unpaired) electrons. The lowest BCUT2D eigenvalue weighted by atomic mass is 9.98. The molecule has 0 aromatic heterocycles. The molecule has 1 fully saturated rings. The topological polar surface area (TPSA) is 80.5 Å². The van der Waals surface area contributed by atoms with Crippen molar-refractivity contribution in [1.29, 1.82) is 0 Å². The number of carbonyl (C=O) groups excluding carboxylic acids is 1. The first-order valence-electron chi connectivity index (χ1n) is 6.07. The lowest BCUT2D eigenvalue weighted by Gasteiger charge is -2.29. The molecule has 1 amide bonds. The van der Waals surface area contributed by atoms with Crippen LogP contribution >= 0.6 is 23.2 Å². The summed E-state index contributed by atoms with van der Waals surface area (Å²) in [6.07, 6.45) is 0.881. The third-order valence-corrected chi connectivity index (χ3v) is 6.02. The Morgan fingerprint density at radius 3 is 2.30 bits per heavy atom. The molecule has 0 unspecified atom stereocenters. The maximum absolute atomic E-state index is 12.4. The minimum absolute atomic E-state index is 0.101. The zero-order valence-electron chi connectivity index (χ0n) is 10.6. The molecule has 20 heavy (non-hydrogen) atoms. The van der Waals surface area contributed by atoms with E-state index >= 15 is 0 Å². The van der Waals surface area contributed by atoms with Crippen LogP contribution in [-0.2, 0) is 14.8 Å². The maximum Gasteiger partial charge on any atom is 0.243 e. The molecule has 110 valence electrons. The van der Waals surface area contributed by atoms with Crippen LogP contribution in [0.4, 0.5) is 0 Å². The lowest BCUT2D eigenvalue weighted by Crippen LogP contribution is -2.41. The molecule has 1 aliphatic rings. The van der Waals surface area contributed by atoms with Gasteiger partial charge in [-0.3, -0.25) is 4.79 Å². The first-order valence-corrected chi connectivity index (χ1v) is 8.26. The minimum Gasteiger partial charge on any atom is -0.369 e. The summed E-state index contributed by atoms with van der Waals surface area (Å²) in [6.45, 7) is 0.548. The van der Waals surface area contributed by atoms with Crippen molar-refractivity contribution < 1.29 is 13.2 Å². The molecule has 1 aromatic rings. The minimum atomic E-state index is -3.61. The molecule has 0 aliphatic carbocycles. The SMILES string of the molecule is NC(=O)C1CCN(S(=O)(=O)c2ccc(Cl)c(Cl)c2)CC1. The Morgan fingerprint density at radius 1 is 1.20 bits per heavy atom. The molecule has 0 atom stereocenters. The fraction of sp³-hybridized carbons (Fsp3) is 0.417. The average Bonchev–Trinajstić information content (AvgIpc) is 2.41. The molecule has 1 aliphatic heterocycles. The van der Waals surface area contributed by atoms with Crippen LogP contribution in [0.3, 0.4) is 0 Å². The predicted octanol–water partition coefficient (Wildman–Crippen LogP) is 1.88. The average molecular weight is 337 g/mol. The molecule has 5 nitrogen and oxygen atoms in total. The first-order chi connectivity index (χ1) is 9.32. The number of hydrogen-bond acceptors (Lipinski definition) is 3. The Bertz CT molecular complexity index is 626. The summed E-state index contributed by atoms with van der Waals surface area (Å²) in [7, 11) is -3.61. The zero-order valence-corrected chi connectivity index (χ0v) is 12.9. The second kappa shape index (κ2) is 5.89. The van der Waals surface area contributed by atoms with Crippen LogP contribution < -0.4 is 5.73 Å². The highest BCUT2D eigenvalue weighted by Crippen LogP contribution is 2.28. The highest BCUT2D eigenvalue weighted by atomic mass is 35.5. The first kappa shape index (κ1) is 15.6. The third kappa shape index (κ3) is 3.09. The van der Waals surface area contributed by atoms with Gasteiger partial charge in [0.1, 0.15) is 0 Å². The summed E-state index contributed by atoms with van der Waals surface area (Å²) in [5.74, 6) is -0.633. The van der Waals surface area contributed by atoms with Crippen LogP contribution in [0.5, 0.6) is 0 Å². The van der Waals surface area contributed by atoms with Crippen LogP contribution in [0.15, 0.2) is 23.1 Å². The normalized spacial score (nSPS) is 18.1. The Kier molecular flexibility index (Phi) is 4.59. The Morgan fingerprint density at radius 2 is 1.80 bits per heavy atom. The van der Waals surface area contributed by atoms with Crippen molar-refractivity contribution >= 4 is 39.1 Å². The lowest BCUT2D eigenvalue weighted by molar-refractivity contribution is -0.122. The summed E-state index contributed by atoms with van der Waals surface area (Å²) in [6, 6.07) is 4.20. The van der Waals surface area contributed by atoms with E-state index in [1.165, 1.54) is 22.5 Å². The Hall–Kier alpha value is -0.820. The van der Waals surface area contributed by atoms with Crippen molar-refractivity contribution in [3.05, 3.63) is 28.2 Å². The number of primary amides is 1. The van der Waals surface area contributed by atoms with Gasteiger partial charge in [0.2, 0.25) is 15.9 Å². The monoisotopic (exact) mass is 336 g/mol. The van der Waals surface area contributed by atoms with Crippen LogP contribution in [0, 0.1) is 5.92 Å². The van der Waals surface area contributed by atoms with Gasteiger partial charge in [0, 0.05) is 19.0 Å². The molecular weight excluding hydrogens is 323 g/mol. The molecule has 1 saturated heterocycles. The van der Waals surface area contributed by atoms with Crippen LogP contribution in [-0.4, -0.2) is 31.7 Å². The number of piperidine rings is 1. The summed E-state index contributed by atoms with van der Waals surface area (Å²) >= 11 is 11.6. The van der Waals surface area contributed by atoms with Gasteiger partial charge in [-0.05, 0) is 31.0 Å². The third-order valence-electron chi connectivity index (χ3n) is 3.39. The molecule has 0 spiro atoms. The van der Waals surface area contributed by atoms with Gasteiger partial charge in [0.25, 0.3) is 0 Å². The smallest absolute Gasteiger partial charge is 0.243 e. The van der Waals surface area contributed by atoms with E-state index in [2.05, 4.69) is 0 Å². The van der Waals surface area contributed by atoms with Gasteiger partial charge in [0.15, 0.2) is 0 Å². The van der Waals surface area contributed by atoms with E-state index in [4.69, 9.17) is 28.9 Å². The van der Waals surface area contributed by atoms with Crippen LogP contribution in [0.1, 0.15) is 12.8 Å². The standard InChI is InChI=1S/C12H14Cl2N2O3S/c13-10-2-1-9(7-11(10)14)20(18,19)16-5-3-8(4-6-16)12(15)17/h1-2,7-8H,3-6H2,(H2,15,17). The van der Waals surface area contributed by atoms with Gasteiger partial charge < -0.3 is 5.73 Å². The van der Waals surface area contributed by atoms with Crippen LogP contribution in [0.2, 0.25) is 10.0 Å². The van der Waals surface area contributed by atoms with Crippen molar-refractivity contribution in [3.8, 4) is 0 Å². The van der Waals surface area contributed by atoms with Gasteiger partial charge in [-0.25, -0.2) is 8.42 Å². The van der Waals surface area contributed by atoms with Crippen molar-refractivity contribution in [2.24, 2.45) is 11.7 Å². The highest BCUT2D eigenvalue weighted by molar-refractivity contribution is 7.89. The van der Waals surface area contributed by atoms with Crippen molar-refractivity contribution in [2.75, 3.05) is 13.1 Å². The number of hydrogen-bond donors (Lipinski definition) is 1. The van der Waals surface area contributed by atoms with Crippen molar-refractivity contribution in [3.63, 3.8) is 0 Å². The van der Waals surface area contributed by atoms with E-state index in [1.807, 2.05) is 0 Å². The number of halogens is 2. The van der Waals surface area contributed by atoms with Gasteiger partial charge in [0.05, 0.1) is 14.9 Å². The molecule has 0 saturated carbocycles. The number of nitrogens with zero attached hydrogens (tertiary/aromatic N) is 1. The quantitative estimate of drug-likeness (QED) is 0.914. The van der Waals surface area contributed by atoms with Crippen LogP contribution in [0.25, 0.3) is 0 Å². The summed E-state index contributed by atoms with van der Waals surface area (Å²) in [5.41, 5.74) is 5.23. The van der Waals surface area contributed by atoms with Crippen molar-refractivity contribution in [1.82, 2.24) is 4.31 Å². The molecule has 1 heterocycles. The number of amides is 1. The Labute approximate surface area is 127 Å². The molecule has 0 bridgehead atoms. The number of rotatable bonds is 3. The second-order valence-electron chi connectivity index (χ2n) is 4.66. The van der Waals surface area contributed by atoms with E-state index in [-0.39, 0.29) is 34.8 Å². The Balaban J connectivity index is 2.19. The van der Waals surface area contributed by atoms with Gasteiger partial charge in [-0.2, -0.15) is 4.31 Å². The zero-order chi connectivity index (χ0) is 14.9. The van der Waals surface area contributed by atoms with E-state index < -0.39 is 10.0 Å². The highest BCUT2D eigenvalue weighted by Gasteiger charge is 2.31. The van der Waals surface area contributed by atoms with E-state index in [1.54, 1.807) is 0 Å². The molecule has 8 heteroatoms. The van der Waals surface area contributed by atoms with E-state index in [0.29, 0.717) is 17.9 Å².